The van der Waals surface area contributed by atoms with Crippen molar-refractivity contribution in [1.82, 2.24) is 0 Å². The van der Waals surface area contributed by atoms with Gasteiger partial charge in [-0.15, -0.1) is 0 Å². The van der Waals surface area contributed by atoms with E-state index in [0.717, 1.165) is 0 Å². The highest BCUT2D eigenvalue weighted by atomic mass is 31.1. The van der Waals surface area contributed by atoms with E-state index in [9.17, 15) is 26.3 Å². The summed E-state index contributed by atoms with van der Waals surface area (Å²) in [6, 6.07) is 0. The minimum atomic E-state index is -4.49. The molecule has 0 bridgehead atoms. The van der Waals surface area contributed by atoms with Gasteiger partial charge in [0.1, 0.15) is 0 Å². The molecule has 80 valence electrons. The van der Waals surface area contributed by atoms with Gasteiger partial charge in [0, 0.05) is 14.3 Å². The molecule has 0 amide bonds. The van der Waals surface area contributed by atoms with Crippen LogP contribution in [0.4, 0.5) is 26.3 Å². The smallest absolute Gasteiger partial charge is 0.171 e. The van der Waals surface area contributed by atoms with E-state index >= 15 is 0 Å². The van der Waals surface area contributed by atoms with Crippen LogP contribution in [0.25, 0.3) is 0 Å². The molecule has 0 aromatic carbocycles. The van der Waals surface area contributed by atoms with Gasteiger partial charge < -0.3 is 0 Å². The molecule has 0 rings (SSSR count). The van der Waals surface area contributed by atoms with Gasteiger partial charge in [-0.3, -0.25) is 0 Å². The molecule has 0 N–H and O–H groups in total. The molecule has 13 heavy (non-hydrogen) atoms. The Morgan fingerprint density at radius 2 is 1.46 bits per heavy atom. The zero-order chi connectivity index (χ0) is 10.7. The molecule has 0 saturated heterocycles. The van der Waals surface area contributed by atoms with Gasteiger partial charge in [-0.2, -0.15) is 26.3 Å². The molecule has 1 unspecified atom stereocenters. The molecule has 0 heterocycles. The van der Waals surface area contributed by atoms with E-state index in [-0.39, 0.29) is 6.16 Å². The van der Waals surface area contributed by atoms with Crippen LogP contribution >= 0.6 is 7.92 Å². The molecule has 0 nitrogen and oxygen atoms in total. The first-order valence-electron chi connectivity index (χ1n) is 3.55. The molecule has 0 aromatic heterocycles. The highest BCUT2D eigenvalue weighted by molar-refractivity contribution is 7.58. The summed E-state index contributed by atoms with van der Waals surface area (Å²) in [4.78, 5) is 0. The third-order valence-electron chi connectivity index (χ3n) is 1.41. The summed E-state index contributed by atoms with van der Waals surface area (Å²) in [5.74, 6) is -4.45. The molecule has 7 heteroatoms. The fourth-order valence-corrected chi connectivity index (χ4v) is 2.18. The van der Waals surface area contributed by atoms with E-state index in [4.69, 9.17) is 0 Å². The van der Waals surface area contributed by atoms with E-state index < -0.39 is 32.6 Å². The fourth-order valence-electron chi connectivity index (χ4n) is 0.726. The molecule has 0 aromatic rings. The summed E-state index contributed by atoms with van der Waals surface area (Å²) in [6.45, 7) is 1.26. The van der Waals surface area contributed by atoms with Gasteiger partial charge in [-0.25, -0.2) is 0 Å². The van der Waals surface area contributed by atoms with Gasteiger partial charge in [0.05, 0.1) is 0 Å². The highest BCUT2D eigenvalue weighted by Crippen LogP contribution is 2.53. The average Bonchev–Trinajstić information content (AvgIpc) is 1.82. The predicted molar refractivity (Wildman–Crippen MR) is 39.1 cm³/mol. The lowest BCUT2D eigenvalue weighted by atomic mass is 10.5. The van der Waals surface area contributed by atoms with Crippen LogP contribution in [0.1, 0.15) is 13.3 Å². The minimum Gasteiger partial charge on any atom is -0.171 e. The Labute approximate surface area is 73.1 Å². The van der Waals surface area contributed by atoms with Crippen molar-refractivity contribution in [2.45, 2.75) is 25.4 Å². The number of hydrogen-bond donors (Lipinski definition) is 0. The second kappa shape index (κ2) is 4.49. The molecular formula is C6H9F6P. The maximum absolute atomic E-state index is 12.0. The monoisotopic (exact) mass is 226 g/mol. The fraction of sp³-hybridized carbons (Fsp3) is 1.00. The summed E-state index contributed by atoms with van der Waals surface area (Å²) in [5.41, 5.74) is 0. The molecule has 0 aliphatic rings. The summed E-state index contributed by atoms with van der Waals surface area (Å²) in [7, 11) is -2.48. The topological polar surface area (TPSA) is 0 Å². The number of alkyl halides is 6. The van der Waals surface area contributed by atoms with Crippen LogP contribution in [0.3, 0.4) is 0 Å². The summed E-state index contributed by atoms with van der Waals surface area (Å²) in [6.07, 6.45) is -6.87. The van der Waals surface area contributed by atoms with E-state index in [1.165, 1.54) is 6.92 Å². The zero-order valence-corrected chi connectivity index (χ0v) is 7.73. The zero-order valence-electron chi connectivity index (χ0n) is 6.84. The Morgan fingerprint density at radius 1 is 1.00 bits per heavy atom. The van der Waals surface area contributed by atoms with Gasteiger partial charge in [0.2, 0.25) is 0 Å². The maximum atomic E-state index is 12.0. The van der Waals surface area contributed by atoms with Crippen molar-refractivity contribution in [1.29, 1.82) is 0 Å². The van der Waals surface area contributed by atoms with E-state index in [1.54, 1.807) is 0 Å². The van der Waals surface area contributed by atoms with Crippen LogP contribution in [-0.2, 0) is 0 Å². The van der Waals surface area contributed by atoms with Crippen LogP contribution in [0.5, 0.6) is 0 Å². The lowest BCUT2D eigenvalue weighted by Crippen LogP contribution is -2.15. The first kappa shape index (κ1) is 13.0. The first-order valence-corrected chi connectivity index (χ1v) is 5.26. The SMILES string of the molecule is CCP(CCC(F)(F)F)C(F)(F)F. The number of halogens is 6. The van der Waals surface area contributed by atoms with Crippen molar-refractivity contribution in [3.05, 3.63) is 0 Å². The molecule has 0 spiro atoms. The molecule has 1 atom stereocenters. The van der Waals surface area contributed by atoms with Crippen molar-refractivity contribution in [3.8, 4) is 0 Å². The molecule has 0 aliphatic carbocycles. The van der Waals surface area contributed by atoms with Crippen molar-refractivity contribution in [2.24, 2.45) is 0 Å². The normalized spacial score (nSPS) is 15.9. The highest BCUT2D eigenvalue weighted by Gasteiger charge is 2.40. The van der Waals surface area contributed by atoms with Crippen LogP contribution in [0.2, 0.25) is 0 Å². The van der Waals surface area contributed by atoms with Crippen LogP contribution in [-0.4, -0.2) is 24.4 Å². The van der Waals surface area contributed by atoms with Crippen LogP contribution < -0.4 is 0 Å². The van der Waals surface area contributed by atoms with E-state index in [2.05, 4.69) is 0 Å². The second-order valence-corrected chi connectivity index (χ2v) is 5.08. The molecular weight excluding hydrogens is 217 g/mol. The molecule has 0 aliphatic heterocycles. The third-order valence-corrected chi connectivity index (χ3v) is 3.65. The Bertz CT molecular complexity index is 148. The minimum absolute atomic E-state index is 0.241. The quantitative estimate of drug-likeness (QED) is 0.504. The Kier molecular flexibility index (Phi) is 4.49. The van der Waals surface area contributed by atoms with Gasteiger partial charge in [-0.1, -0.05) is 6.92 Å². The first-order chi connectivity index (χ1) is 5.67. The lowest BCUT2D eigenvalue weighted by molar-refractivity contribution is -0.130. The van der Waals surface area contributed by atoms with Gasteiger partial charge in [0.25, 0.3) is 0 Å². The standard InChI is InChI=1S/C6H9F6P/c1-2-13(6(10,11)12)4-3-5(7,8)9/h2-4H2,1H3. The lowest BCUT2D eigenvalue weighted by Gasteiger charge is -2.19. The number of hydrogen-bond acceptors (Lipinski definition) is 0. The molecule has 0 fully saturated rings. The summed E-state index contributed by atoms with van der Waals surface area (Å²) < 4.78 is 70.6. The van der Waals surface area contributed by atoms with Crippen molar-refractivity contribution < 1.29 is 26.3 Å². The van der Waals surface area contributed by atoms with E-state index in [1.807, 2.05) is 0 Å². The predicted octanol–water partition coefficient (Wildman–Crippen LogP) is 3.96. The van der Waals surface area contributed by atoms with Gasteiger partial charge >= 0.3 is 12.1 Å². The van der Waals surface area contributed by atoms with Gasteiger partial charge in [0.15, 0.2) is 0 Å². The van der Waals surface area contributed by atoms with Crippen molar-refractivity contribution in [2.75, 3.05) is 12.3 Å². The Hall–Kier alpha value is 0.01000. The summed E-state index contributed by atoms with van der Waals surface area (Å²) >= 11 is 0. The van der Waals surface area contributed by atoms with Crippen molar-refractivity contribution >= 4 is 7.92 Å². The maximum Gasteiger partial charge on any atom is 0.405 e. The largest absolute Gasteiger partial charge is 0.405 e. The number of rotatable bonds is 3. The molecule has 0 radical (unpaired) electrons. The van der Waals surface area contributed by atoms with Crippen molar-refractivity contribution in [3.63, 3.8) is 0 Å². The third kappa shape index (κ3) is 6.13. The second-order valence-electron chi connectivity index (χ2n) is 2.41. The van der Waals surface area contributed by atoms with Gasteiger partial charge in [-0.05, 0) is 12.3 Å². The Morgan fingerprint density at radius 3 is 1.69 bits per heavy atom. The summed E-state index contributed by atoms with van der Waals surface area (Å²) in [5, 5.41) is 0. The average molecular weight is 226 g/mol. The van der Waals surface area contributed by atoms with E-state index in [0.29, 0.717) is 0 Å². The van der Waals surface area contributed by atoms with Crippen LogP contribution in [0, 0.1) is 0 Å². The molecule has 0 saturated carbocycles. The Balaban J connectivity index is 4.02. The van der Waals surface area contributed by atoms with Crippen LogP contribution in [0.15, 0.2) is 0 Å².